The Morgan fingerprint density at radius 3 is 1.43 bits per heavy atom. The molecule has 0 aliphatic carbocycles. The summed E-state index contributed by atoms with van der Waals surface area (Å²) in [5.74, 6) is 3.18. The van der Waals surface area contributed by atoms with E-state index in [-0.39, 0.29) is 14.0 Å². The monoisotopic (exact) mass is 710 g/mol. The third-order valence-corrected chi connectivity index (χ3v) is 9.63. The van der Waals surface area contributed by atoms with Crippen LogP contribution in [0.25, 0.3) is 0 Å². The topological polar surface area (TPSA) is 73.7 Å². The molecule has 0 atom stereocenters. The largest absolute Gasteiger partial charge is 0.396 e. The zero-order valence-electron chi connectivity index (χ0n) is 27.0. The summed E-state index contributed by atoms with van der Waals surface area (Å²) < 4.78 is 16.4. The van der Waals surface area contributed by atoms with Gasteiger partial charge < -0.3 is 19.3 Å². The number of rotatable bonds is 24. The van der Waals surface area contributed by atoms with E-state index in [9.17, 15) is 0 Å². The Balaban J connectivity index is -0.000000881. The Bertz CT molecular complexity index is 679. The Labute approximate surface area is 292 Å². The van der Waals surface area contributed by atoms with Crippen LogP contribution in [0.1, 0.15) is 86.5 Å². The van der Waals surface area contributed by atoms with E-state index in [4.69, 9.17) is 19.3 Å². The first-order valence-corrected chi connectivity index (χ1v) is 20.9. The van der Waals surface area contributed by atoms with Crippen LogP contribution in [-0.4, -0.2) is 78.6 Å². The second-order valence-electron chi connectivity index (χ2n) is 8.61. The number of hydrogen-bond acceptors (Lipinski definition) is 11. The number of hydrogen-bond donors (Lipinski definition) is 2. The molecule has 44 heavy (non-hydrogen) atoms. The lowest BCUT2D eigenvalue weighted by Gasteiger charge is -2.06. The van der Waals surface area contributed by atoms with Crippen LogP contribution in [-0.2, 0) is 14.2 Å². The highest BCUT2D eigenvalue weighted by atomic mass is 33.1. The molecule has 2 rings (SSSR count). The summed E-state index contributed by atoms with van der Waals surface area (Å²) >= 11 is 4.07. The van der Waals surface area contributed by atoms with Crippen molar-refractivity contribution >= 4 is 55.8 Å². The molecule has 0 aliphatic rings. The van der Waals surface area contributed by atoms with Crippen LogP contribution in [0, 0.1) is 0 Å². The molecule has 1 N–H and O–H groups in total. The summed E-state index contributed by atoms with van der Waals surface area (Å²) in [6.07, 6.45) is 12.4. The van der Waals surface area contributed by atoms with E-state index in [0.29, 0.717) is 19.8 Å². The van der Waals surface area contributed by atoms with Crippen molar-refractivity contribution in [2.75, 3.05) is 63.5 Å². The van der Waals surface area contributed by atoms with Crippen molar-refractivity contribution in [1.29, 1.82) is 0 Å². The van der Waals surface area contributed by atoms with E-state index in [1.807, 2.05) is 84.2 Å². The second-order valence-corrected chi connectivity index (χ2v) is 13.9. The molecule has 11 heteroatoms. The van der Waals surface area contributed by atoms with E-state index in [1.165, 1.54) is 19.3 Å². The highest BCUT2D eigenvalue weighted by molar-refractivity contribution is 8.77. The van der Waals surface area contributed by atoms with Gasteiger partial charge in [0.2, 0.25) is 0 Å². The first-order valence-electron chi connectivity index (χ1n) is 15.6. The fourth-order valence-electron chi connectivity index (χ4n) is 2.63. The molecular formula is C33H62N2O4S5. The standard InChI is InChI=1S/C20H28N2O2S4.C7H16O2S.C3H8.C2H6.CH4/c1-3-11-21-19(9-1)27-25-17-7-5-13-23-15-16-24-14-6-8-18-26-28-20-10-2-4-12-22-20;8-4-3-6-9-5-1-2-7-10;1-3-2;1-2;/h1-4,9-12H,5-8,13-18H2;8,10H,1-7H2;3H2,1-2H3;1-2H3;1H4. The van der Waals surface area contributed by atoms with E-state index < -0.39 is 0 Å². The Morgan fingerprint density at radius 2 is 1.05 bits per heavy atom. The molecule has 6 nitrogen and oxygen atoms in total. The van der Waals surface area contributed by atoms with Gasteiger partial charge in [-0.25, -0.2) is 9.97 Å². The molecule has 0 amide bonds. The average molecular weight is 711 g/mol. The molecule has 0 spiro atoms. The van der Waals surface area contributed by atoms with Crippen LogP contribution >= 0.6 is 55.8 Å². The summed E-state index contributed by atoms with van der Waals surface area (Å²) in [7, 11) is 7.19. The van der Waals surface area contributed by atoms with Gasteiger partial charge in [-0.3, -0.25) is 0 Å². The van der Waals surface area contributed by atoms with Gasteiger partial charge >= 0.3 is 0 Å². The number of unbranched alkanes of at least 4 members (excludes halogenated alkanes) is 3. The van der Waals surface area contributed by atoms with Crippen LogP contribution in [0.3, 0.4) is 0 Å². The van der Waals surface area contributed by atoms with Crippen molar-refractivity contribution in [2.24, 2.45) is 0 Å². The zero-order valence-corrected chi connectivity index (χ0v) is 31.2. The van der Waals surface area contributed by atoms with E-state index in [0.717, 1.165) is 79.2 Å². The van der Waals surface area contributed by atoms with Gasteiger partial charge in [0.05, 0.1) is 13.2 Å². The second kappa shape index (κ2) is 45.0. The molecule has 0 bridgehead atoms. The van der Waals surface area contributed by atoms with Crippen LogP contribution in [0.4, 0.5) is 0 Å². The molecule has 2 aromatic rings. The Kier molecular flexibility index (Phi) is 49.4. The number of pyridine rings is 2. The van der Waals surface area contributed by atoms with Gasteiger partial charge in [0, 0.05) is 56.9 Å². The molecule has 2 heterocycles. The summed E-state index contributed by atoms with van der Waals surface area (Å²) in [5.41, 5.74) is 0. The van der Waals surface area contributed by atoms with Gasteiger partial charge in [0.25, 0.3) is 0 Å². The molecule has 0 radical (unpaired) electrons. The fraction of sp³-hybridized carbons (Fsp3) is 0.697. The minimum atomic E-state index is 0. The van der Waals surface area contributed by atoms with Gasteiger partial charge in [0.15, 0.2) is 0 Å². The molecule has 0 fully saturated rings. The molecule has 2 aromatic heterocycles. The van der Waals surface area contributed by atoms with Gasteiger partial charge in [-0.15, -0.1) is 0 Å². The lowest BCUT2D eigenvalue weighted by Crippen LogP contribution is -2.06. The number of ether oxygens (including phenoxy) is 3. The zero-order chi connectivity index (χ0) is 31.9. The Morgan fingerprint density at radius 1 is 0.636 bits per heavy atom. The molecule has 0 saturated heterocycles. The molecule has 0 saturated carbocycles. The molecule has 0 unspecified atom stereocenters. The van der Waals surface area contributed by atoms with Crippen LogP contribution < -0.4 is 0 Å². The van der Waals surface area contributed by atoms with Crippen molar-refractivity contribution in [3.63, 3.8) is 0 Å². The van der Waals surface area contributed by atoms with Gasteiger partial charge in [-0.2, -0.15) is 12.6 Å². The van der Waals surface area contributed by atoms with Crippen LogP contribution in [0.2, 0.25) is 0 Å². The summed E-state index contributed by atoms with van der Waals surface area (Å²) in [5, 5.41) is 10.5. The predicted octanol–water partition coefficient (Wildman–Crippen LogP) is 10.4. The maximum absolute atomic E-state index is 8.38. The summed E-state index contributed by atoms with van der Waals surface area (Å²) in [6.45, 7) is 13.0. The smallest absolute Gasteiger partial charge is 0.106 e. The number of thiol groups is 1. The lowest BCUT2D eigenvalue weighted by atomic mass is 10.3. The summed E-state index contributed by atoms with van der Waals surface area (Å²) in [4.78, 5) is 8.59. The van der Waals surface area contributed by atoms with E-state index in [2.05, 4.69) is 36.4 Å². The minimum absolute atomic E-state index is 0. The summed E-state index contributed by atoms with van der Waals surface area (Å²) in [6, 6.07) is 12.0. The number of aromatic nitrogens is 2. The number of aliphatic hydroxyl groups is 1. The Hall–Kier alpha value is -0.110. The van der Waals surface area contributed by atoms with Crippen molar-refractivity contribution in [1.82, 2.24) is 9.97 Å². The molecular weight excluding hydrogens is 649 g/mol. The van der Waals surface area contributed by atoms with Crippen LogP contribution in [0.5, 0.6) is 0 Å². The number of aliphatic hydroxyl groups excluding tert-OH is 1. The highest BCUT2D eigenvalue weighted by Gasteiger charge is 1.97. The first-order chi connectivity index (χ1) is 21.3. The minimum Gasteiger partial charge on any atom is -0.396 e. The van der Waals surface area contributed by atoms with Crippen molar-refractivity contribution < 1.29 is 19.3 Å². The van der Waals surface area contributed by atoms with Crippen molar-refractivity contribution in [3.8, 4) is 0 Å². The SMILES string of the molecule is C.CC.CCC.OCCCOCCCCS.c1ccc(SSCCCCOCCOCCCCSSc2ccccn2)nc1. The predicted molar refractivity (Wildman–Crippen MR) is 205 cm³/mol. The maximum Gasteiger partial charge on any atom is 0.106 e. The van der Waals surface area contributed by atoms with Crippen molar-refractivity contribution in [3.05, 3.63) is 48.8 Å². The van der Waals surface area contributed by atoms with Crippen LogP contribution in [0.15, 0.2) is 58.8 Å². The molecule has 258 valence electrons. The van der Waals surface area contributed by atoms with E-state index >= 15 is 0 Å². The van der Waals surface area contributed by atoms with Gasteiger partial charge in [-0.1, -0.05) is 75.3 Å². The lowest BCUT2D eigenvalue weighted by molar-refractivity contribution is 0.0459. The van der Waals surface area contributed by atoms with Gasteiger partial charge in [0.1, 0.15) is 10.1 Å². The quantitative estimate of drug-likeness (QED) is 0.0625. The first kappa shape index (κ1) is 48.3. The highest BCUT2D eigenvalue weighted by Crippen LogP contribution is 2.30. The fourth-order valence-corrected chi connectivity index (χ4v) is 6.91. The van der Waals surface area contributed by atoms with Gasteiger partial charge in [-0.05, 0) is 96.6 Å². The normalized spacial score (nSPS) is 9.86. The third kappa shape index (κ3) is 39.9. The molecule has 0 aliphatic heterocycles. The average Bonchev–Trinajstić information content (AvgIpc) is 3.05. The third-order valence-electron chi connectivity index (χ3n) is 4.61. The van der Waals surface area contributed by atoms with E-state index in [1.54, 1.807) is 21.6 Å². The maximum atomic E-state index is 8.38. The molecule has 0 aromatic carbocycles. The number of nitrogens with zero attached hydrogens (tertiary/aromatic N) is 2. The van der Waals surface area contributed by atoms with Crippen molar-refractivity contribution in [2.45, 2.75) is 96.5 Å².